The zero-order valence-corrected chi connectivity index (χ0v) is 15.7. The first-order valence-corrected chi connectivity index (χ1v) is 9.09. The van der Waals surface area contributed by atoms with Gasteiger partial charge in [0.1, 0.15) is 18.1 Å². The molecule has 3 rings (SSSR count). The van der Waals surface area contributed by atoms with Crippen LogP contribution in [0.5, 0.6) is 11.5 Å². The summed E-state index contributed by atoms with van der Waals surface area (Å²) in [6.45, 7) is 0.905. The van der Waals surface area contributed by atoms with E-state index in [1.165, 1.54) is 0 Å². The van der Waals surface area contributed by atoms with Crippen molar-refractivity contribution in [3.8, 4) is 11.5 Å². The van der Waals surface area contributed by atoms with E-state index in [1.54, 1.807) is 55.6 Å². The van der Waals surface area contributed by atoms with Crippen molar-refractivity contribution in [2.24, 2.45) is 0 Å². The maximum Gasteiger partial charge on any atom is 0.338 e. The molecular weight excluding hydrogens is 362 g/mol. The summed E-state index contributed by atoms with van der Waals surface area (Å²) >= 11 is 0. The highest BCUT2D eigenvalue weighted by molar-refractivity contribution is 5.95. The first-order chi connectivity index (χ1) is 13.6. The second kappa shape index (κ2) is 9.75. The molecule has 1 N–H and O–H groups in total. The minimum atomic E-state index is -0.574. The van der Waals surface area contributed by atoms with Gasteiger partial charge in [-0.3, -0.25) is 4.79 Å². The van der Waals surface area contributed by atoms with Gasteiger partial charge in [-0.1, -0.05) is 0 Å². The first kappa shape index (κ1) is 19.7. The van der Waals surface area contributed by atoms with Crippen molar-refractivity contribution in [2.45, 2.75) is 18.9 Å². The van der Waals surface area contributed by atoms with Crippen molar-refractivity contribution in [1.82, 2.24) is 0 Å². The molecule has 28 heavy (non-hydrogen) atoms. The second-order valence-electron chi connectivity index (χ2n) is 6.32. The molecule has 0 unspecified atom stereocenters. The summed E-state index contributed by atoms with van der Waals surface area (Å²) in [5.41, 5.74) is 0.941. The van der Waals surface area contributed by atoms with Crippen molar-refractivity contribution in [3.05, 3.63) is 54.1 Å². The summed E-state index contributed by atoms with van der Waals surface area (Å²) in [4.78, 5) is 24.0. The van der Waals surface area contributed by atoms with E-state index >= 15 is 0 Å². The molecule has 0 saturated carbocycles. The van der Waals surface area contributed by atoms with Crippen LogP contribution in [0.15, 0.2) is 48.5 Å². The molecule has 1 heterocycles. The third kappa shape index (κ3) is 5.72. The van der Waals surface area contributed by atoms with E-state index in [2.05, 4.69) is 5.32 Å². The largest absolute Gasteiger partial charge is 0.497 e. The van der Waals surface area contributed by atoms with E-state index in [1.807, 2.05) is 0 Å². The molecule has 0 radical (unpaired) electrons. The number of carbonyl (C=O) groups is 2. The molecule has 0 aromatic heterocycles. The first-order valence-electron chi connectivity index (χ1n) is 9.09. The Bertz CT molecular complexity index is 782. The van der Waals surface area contributed by atoms with E-state index in [-0.39, 0.29) is 12.7 Å². The number of ether oxygens (including phenoxy) is 4. The van der Waals surface area contributed by atoms with E-state index in [0.717, 1.165) is 19.4 Å². The standard InChI is InChI=1S/C21H23NO6/c1-25-17-10-6-16(7-11-17)22-20(23)14-28-21(24)15-4-8-18(9-5-15)27-13-19-3-2-12-26-19/h4-11,19H,2-3,12-14H2,1H3,(H,22,23)/t19-/m1/s1. The molecule has 1 fully saturated rings. The summed E-state index contributed by atoms with van der Waals surface area (Å²) in [7, 11) is 1.57. The van der Waals surface area contributed by atoms with E-state index in [0.29, 0.717) is 29.4 Å². The molecule has 0 spiro atoms. The highest BCUT2D eigenvalue weighted by Crippen LogP contribution is 2.17. The van der Waals surface area contributed by atoms with E-state index < -0.39 is 11.9 Å². The molecule has 1 saturated heterocycles. The quantitative estimate of drug-likeness (QED) is 0.704. The fraction of sp³-hybridized carbons (Fsp3) is 0.333. The molecule has 1 amide bonds. The van der Waals surface area contributed by atoms with Gasteiger partial charge in [0.15, 0.2) is 6.61 Å². The third-order valence-electron chi connectivity index (χ3n) is 4.26. The zero-order valence-electron chi connectivity index (χ0n) is 15.7. The molecule has 0 aliphatic carbocycles. The van der Waals surface area contributed by atoms with Gasteiger partial charge in [-0.25, -0.2) is 4.79 Å². The fourth-order valence-electron chi connectivity index (χ4n) is 2.74. The van der Waals surface area contributed by atoms with Crippen LogP contribution in [0.4, 0.5) is 5.69 Å². The van der Waals surface area contributed by atoms with Crippen LogP contribution in [0.25, 0.3) is 0 Å². The van der Waals surface area contributed by atoms with Crippen molar-refractivity contribution < 1.29 is 28.5 Å². The Morgan fingerprint density at radius 2 is 1.79 bits per heavy atom. The molecule has 1 atom stereocenters. The summed E-state index contributed by atoms with van der Waals surface area (Å²) in [5.74, 6) is 0.350. The number of benzene rings is 2. The molecule has 7 heteroatoms. The summed E-state index contributed by atoms with van der Waals surface area (Å²) in [6, 6.07) is 13.5. The van der Waals surface area contributed by atoms with Gasteiger partial charge in [-0.2, -0.15) is 0 Å². The lowest BCUT2D eigenvalue weighted by atomic mass is 10.2. The number of carbonyl (C=O) groups excluding carboxylic acids is 2. The SMILES string of the molecule is COc1ccc(NC(=O)COC(=O)c2ccc(OC[C@H]3CCCO3)cc2)cc1. The number of rotatable bonds is 8. The van der Waals surface area contributed by atoms with Gasteiger partial charge in [-0.05, 0) is 61.4 Å². The fourth-order valence-corrected chi connectivity index (χ4v) is 2.74. The molecule has 0 bridgehead atoms. The third-order valence-corrected chi connectivity index (χ3v) is 4.26. The summed E-state index contributed by atoms with van der Waals surface area (Å²) in [5, 5.41) is 2.65. The maximum absolute atomic E-state index is 12.1. The lowest BCUT2D eigenvalue weighted by Crippen LogP contribution is -2.21. The maximum atomic E-state index is 12.1. The number of methoxy groups -OCH3 is 1. The van der Waals surface area contributed by atoms with Crippen molar-refractivity contribution in [2.75, 3.05) is 32.2 Å². The van der Waals surface area contributed by atoms with Crippen molar-refractivity contribution >= 4 is 17.6 Å². The van der Waals surface area contributed by atoms with Gasteiger partial charge in [0.05, 0.1) is 18.8 Å². The Hall–Kier alpha value is -3.06. The van der Waals surface area contributed by atoms with Crippen LogP contribution in [0.1, 0.15) is 23.2 Å². The Labute approximate surface area is 163 Å². The minimum absolute atomic E-state index is 0.133. The van der Waals surface area contributed by atoms with E-state index in [4.69, 9.17) is 18.9 Å². The normalized spacial score (nSPS) is 15.7. The minimum Gasteiger partial charge on any atom is -0.497 e. The highest BCUT2D eigenvalue weighted by Gasteiger charge is 2.16. The summed E-state index contributed by atoms with van der Waals surface area (Å²) < 4.78 is 21.3. The Morgan fingerprint density at radius 3 is 2.43 bits per heavy atom. The molecule has 7 nitrogen and oxygen atoms in total. The number of esters is 1. The van der Waals surface area contributed by atoms with Crippen LogP contribution in [0.2, 0.25) is 0 Å². The molecule has 1 aliphatic heterocycles. The van der Waals surface area contributed by atoms with Crippen LogP contribution in [0.3, 0.4) is 0 Å². The number of hydrogen-bond donors (Lipinski definition) is 1. The average Bonchev–Trinajstić information content (AvgIpc) is 3.25. The predicted octanol–water partition coefficient (Wildman–Crippen LogP) is 3.05. The Morgan fingerprint density at radius 1 is 1.07 bits per heavy atom. The predicted molar refractivity (Wildman–Crippen MR) is 103 cm³/mol. The van der Waals surface area contributed by atoms with Crippen molar-refractivity contribution in [1.29, 1.82) is 0 Å². The van der Waals surface area contributed by atoms with Crippen LogP contribution in [0, 0.1) is 0 Å². The molecule has 2 aromatic carbocycles. The van der Waals surface area contributed by atoms with Crippen LogP contribution >= 0.6 is 0 Å². The van der Waals surface area contributed by atoms with Gasteiger partial charge < -0.3 is 24.3 Å². The lowest BCUT2D eigenvalue weighted by molar-refractivity contribution is -0.119. The highest BCUT2D eigenvalue weighted by atomic mass is 16.5. The second-order valence-corrected chi connectivity index (χ2v) is 6.32. The average molecular weight is 385 g/mol. The lowest BCUT2D eigenvalue weighted by Gasteiger charge is -2.11. The van der Waals surface area contributed by atoms with Crippen LogP contribution < -0.4 is 14.8 Å². The van der Waals surface area contributed by atoms with Crippen LogP contribution in [-0.4, -0.2) is 44.9 Å². The molecule has 148 valence electrons. The van der Waals surface area contributed by atoms with Gasteiger partial charge in [0, 0.05) is 12.3 Å². The summed E-state index contributed by atoms with van der Waals surface area (Å²) in [6.07, 6.45) is 2.20. The van der Waals surface area contributed by atoms with Crippen molar-refractivity contribution in [3.63, 3.8) is 0 Å². The number of nitrogens with one attached hydrogen (secondary N) is 1. The van der Waals surface area contributed by atoms with Gasteiger partial charge in [0.25, 0.3) is 5.91 Å². The van der Waals surface area contributed by atoms with Gasteiger partial charge in [0.2, 0.25) is 0 Å². The number of hydrogen-bond acceptors (Lipinski definition) is 6. The zero-order chi connectivity index (χ0) is 19.8. The number of amides is 1. The smallest absolute Gasteiger partial charge is 0.338 e. The topological polar surface area (TPSA) is 83.1 Å². The Balaban J connectivity index is 1.42. The monoisotopic (exact) mass is 385 g/mol. The molecule has 1 aliphatic rings. The van der Waals surface area contributed by atoms with Crippen LogP contribution in [-0.2, 0) is 14.3 Å². The van der Waals surface area contributed by atoms with E-state index in [9.17, 15) is 9.59 Å². The molecule has 2 aromatic rings. The molecular formula is C21H23NO6. The Kier molecular flexibility index (Phi) is 6.86. The van der Waals surface area contributed by atoms with Gasteiger partial charge in [-0.15, -0.1) is 0 Å². The number of anilines is 1. The van der Waals surface area contributed by atoms with Gasteiger partial charge >= 0.3 is 5.97 Å².